The van der Waals surface area contributed by atoms with Gasteiger partial charge in [-0.3, -0.25) is 0 Å². The predicted octanol–water partition coefficient (Wildman–Crippen LogP) is 3.73. The van der Waals surface area contributed by atoms with Crippen LogP contribution in [0.3, 0.4) is 0 Å². The van der Waals surface area contributed by atoms with Crippen molar-refractivity contribution in [3.05, 3.63) is 0 Å². The third kappa shape index (κ3) is 4.89. The molecule has 32 heavy (non-hydrogen) atoms. The minimum absolute atomic E-state index is 0.445. The monoisotopic (exact) mass is 529 g/mol. The molecule has 0 amide bonds. The summed E-state index contributed by atoms with van der Waals surface area (Å²) in [4.78, 5) is 0. The Bertz CT molecular complexity index is 724. The van der Waals surface area contributed by atoms with Crippen molar-refractivity contribution in [1.29, 1.82) is 0 Å². The second kappa shape index (κ2) is 9.65. The largest absolute Gasteiger partial charge is 0.460 e. The number of rotatable bonds is 13. The minimum Gasteiger partial charge on any atom is -0.394 e. The van der Waals surface area contributed by atoms with Crippen LogP contribution in [0.4, 0.5) is 57.1 Å². The van der Waals surface area contributed by atoms with Gasteiger partial charge >= 0.3 is 35.1 Å². The molecular weight excluding hydrogens is 513 g/mol. The second-order valence-corrected chi connectivity index (χ2v) is 8.03. The first-order valence-electron chi connectivity index (χ1n) is 8.16. The summed E-state index contributed by atoms with van der Waals surface area (Å²) in [6.45, 7) is -3.42. The fourth-order valence-electron chi connectivity index (χ4n) is 2.01. The van der Waals surface area contributed by atoms with E-state index in [2.05, 4.69) is 4.74 Å². The van der Waals surface area contributed by atoms with Crippen LogP contribution in [0, 0.1) is 0 Å². The van der Waals surface area contributed by atoms with Crippen molar-refractivity contribution in [3.8, 4) is 0 Å². The number of sulfonamides is 1. The summed E-state index contributed by atoms with van der Waals surface area (Å²) < 4.78 is 199. The Morgan fingerprint density at radius 1 is 0.719 bits per heavy atom. The van der Waals surface area contributed by atoms with E-state index < -0.39 is 88.8 Å². The van der Waals surface area contributed by atoms with Gasteiger partial charge in [-0.1, -0.05) is 6.92 Å². The van der Waals surface area contributed by atoms with Crippen LogP contribution in [-0.4, -0.2) is 85.9 Å². The van der Waals surface area contributed by atoms with Gasteiger partial charge in [0.2, 0.25) is 0 Å². The van der Waals surface area contributed by atoms with Gasteiger partial charge in [0.15, 0.2) is 0 Å². The Kier molecular flexibility index (Phi) is 9.33. The van der Waals surface area contributed by atoms with Gasteiger partial charge in [-0.2, -0.15) is 61.4 Å². The topological polar surface area (TPSA) is 66.8 Å². The molecule has 0 aliphatic carbocycles. The van der Waals surface area contributed by atoms with E-state index in [0.717, 1.165) is 6.92 Å². The molecule has 1 N–H and O–H groups in total. The average molecular weight is 529 g/mol. The Morgan fingerprint density at radius 2 is 1.16 bits per heavy atom. The van der Waals surface area contributed by atoms with Gasteiger partial charge in [-0.05, 0) is 6.42 Å². The highest BCUT2D eigenvalue weighted by Gasteiger charge is 2.92. The van der Waals surface area contributed by atoms with E-state index in [0.29, 0.717) is 0 Å². The van der Waals surface area contributed by atoms with Gasteiger partial charge in [0, 0.05) is 13.1 Å². The molecule has 0 aliphatic heterocycles. The van der Waals surface area contributed by atoms with E-state index in [1.165, 1.54) is 0 Å². The number of ether oxygens (including phenoxy) is 1. The van der Waals surface area contributed by atoms with Crippen LogP contribution in [0.25, 0.3) is 0 Å². The van der Waals surface area contributed by atoms with Crippen molar-refractivity contribution in [2.75, 3.05) is 32.9 Å². The van der Waals surface area contributed by atoms with Crippen LogP contribution in [0.2, 0.25) is 0 Å². The number of hydrogen-bond acceptors (Lipinski definition) is 4. The van der Waals surface area contributed by atoms with Crippen LogP contribution in [-0.2, 0) is 14.8 Å². The molecule has 0 rings (SSSR count). The maximum atomic E-state index is 14.0. The van der Waals surface area contributed by atoms with Gasteiger partial charge in [0.1, 0.15) is 0 Å². The average Bonchev–Trinajstić information content (AvgIpc) is 2.62. The number of nitrogens with zero attached hydrogens (tertiary/aromatic N) is 1. The van der Waals surface area contributed by atoms with E-state index in [4.69, 9.17) is 5.11 Å². The first-order valence-corrected chi connectivity index (χ1v) is 9.60. The van der Waals surface area contributed by atoms with Gasteiger partial charge in [-0.15, -0.1) is 0 Å². The minimum atomic E-state index is -8.21. The molecule has 0 aromatic heterocycles. The summed E-state index contributed by atoms with van der Waals surface area (Å²) >= 11 is 0. The molecule has 0 saturated carbocycles. The molecule has 0 fully saturated rings. The zero-order valence-electron chi connectivity index (χ0n) is 15.7. The normalized spacial score (nSPS) is 15.5. The SMILES string of the molecule is CCCN(CCOCCO)S(=O)(=O)C(F)(F)C(F)(F)C(F)(F)C(F)(F)C(F)(F)C(F)(F)F. The molecule has 19 heteroatoms. The van der Waals surface area contributed by atoms with E-state index >= 15 is 0 Å². The maximum Gasteiger partial charge on any atom is 0.460 e. The van der Waals surface area contributed by atoms with Crippen molar-refractivity contribution in [2.45, 2.75) is 48.5 Å². The highest BCUT2D eigenvalue weighted by Crippen LogP contribution is 2.61. The third-order valence-corrected chi connectivity index (χ3v) is 5.71. The lowest BCUT2D eigenvalue weighted by Crippen LogP contribution is -2.72. The fourth-order valence-corrected chi connectivity index (χ4v) is 3.53. The van der Waals surface area contributed by atoms with Gasteiger partial charge in [-0.25, -0.2) is 8.42 Å². The van der Waals surface area contributed by atoms with Crippen LogP contribution in [0.1, 0.15) is 13.3 Å². The second-order valence-electron chi connectivity index (χ2n) is 6.05. The Labute approximate surface area is 172 Å². The molecule has 0 aliphatic rings. The third-order valence-electron chi connectivity index (χ3n) is 3.76. The van der Waals surface area contributed by atoms with Crippen molar-refractivity contribution in [2.24, 2.45) is 0 Å². The summed E-state index contributed by atoms with van der Waals surface area (Å²) in [6, 6.07) is 0. The van der Waals surface area contributed by atoms with Crippen molar-refractivity contribution in [3.63, 3.8) is 0 Å². The van der Waals surface area contributed by atoms with Gasteiger partial charge < -0.3 is 9.84 Å². The molecule has 0 radical (unpaired) electrons. The summed E-state index contributed by atoms with van der Waals surface area (Å²) in [5, 5.41) is 1.17. The van der Waals surface area contributed by atoms with Gasteiger partial charge in [0.25, 0.3) is 10.0 Å². The van der Waals surface area contributed by atoms with E-state index in [9.17, 15) is 65.5 Å². The molecule has 0 aromatic rings. The zero-order valence-corrected chi connectivity index (χ0v) is 16.5. The fraction of sp³-hybridized carbons (Fsp3) is 1.00. The number of aliphatic hydroxyl groups is 1. The number of aliphatic hydroxyl groups excluding tert-OH is 1. The van der Waals surface area contributed by atoms with Gasteiger partial charge in [0.05, 0.1) is 19.8 Å². The summed E-state index contributed by atoms with van der Waals surface area (Å²) in [5.74, 6) is -32.3. The Hall–Kier alpha value is -1.08. The van der Waals surface area contributed by atoms with Crippen LogP contribution in [0.15, 0.2) is 0 Å². The van der Waals surface area contributed by atoms with Crippen LogP contribution >= 0.6 is 0 Å². The lowest BCUT2D eigenvalue weighted by Gasteiger charge is -2.40. The van der Waals surface area contributed by atoms with Crippen molar-refractivity contribution in [1.82, 2.24) is 4.31 Å². The van der Waals surface area contributed by atoms with E-state index in [1.54, 1.807) is 0 Å². The molecule has 0 unspecified atom stereocenters. The Morgan fingerprint density at radius 3 is 1.53 bits per heavy atom. The standard InChI is InChI=1S/C13H16F13NO4S/c1-2-3-27(4-6-31-7-5-28)32(29,30)13(25,26)11(20,21)9(16,17)8(14,15)10(18,19)12(22,23)24/h28H,2-7H2,1H3. The molecule has 5 nitrogen and oxygen atoms in total. The molecule has 0 aromatic carbocycles. The number of hydrogen-bond donors (Lipinski definition) is 1. The summed E-state index contributed by atoms with van der Waals surface area (Å²) in [5.41, 5.74) is 0. The zero-order chi connectivity index (χ0) is 26.0. The van der Waals surface area contributed by atoms with Crippen molar-refractivity contribution < 1.29 is 75.3 Å². The molecule has 0 bridgehead atoms. The highest BCUT2D eigenvalue weighted by molar-refractivity contribution is 7.90. The molecular formula is C13H16F13NO4S. The lowest BCUT2D eigenvalue weighted by molar-refractivity contribution is -0.433. The van der Waals surface area contributed by atoms with Crippen LogP contribution < -0.4 is 0 Å². The molecule has 0 spiro atoms. The maximum absolute atomic E-state index is 14.0. The van der Waals surface area contributed by atoms with Crippen LogP contribution in [0.5, 0.6) is 0 Å². The van der Waals surface area contributed by atoms with Crippen molar-refractivity contribution >= 4 is 10.0 Å². The highest BCUT2D eigenvalue weighted by atomic mass is 32.2. The van der Waals surface area contributed by atoms with E-state index in [1.807, 2.05) is 0 Å². The Balaban J connectivity index is 6.44. The molecule has 0 heterocycles. The first kappa shape index (κ1) is 30.9. The molecule has 0 saturated heterocycles. The quantitative estimate of drug-likeness (QED) is 0.292. The predicted molar refractivity (Wildman–Crippen MR) is 79.5 cm³/mol. The summed E-state index contributed by atoms with van der Waals surface area (Å²) in [6.07, 6.45) is -8.04. The molecule has 0 atom stereocenters. The number of halogens is 13. The lowest BCUT2D eigenvalue weighted by atomic mass is 9.98. The smallest absolute Gasteiger partial charge is 0.394 e. The number of alkyl halides is 13. The van der Waals surface area contributed by atoms with E-state index in [-0.39, 0.29) is 0 Å². The first-order chi connectivity index (χ1) is 14.0. The summed E-state index contributed by atoms with van der Waals surface area (Å²) in [7, 11) is -7.06. The molecule has 194 valence electrons.